The first-order valence-electron chi connectivity index (χ1n) is 7.18. The molecule has 0 amide bonds. The van der Waals surface area contributed by atoms with Crippen LogP contribution in [-0.2, 0) is 4.79 Å². The number of hydrogen-bond acceptors (Lipinski definition) is 1. The molecule has 0 heterocycles. The van der Waals surface area contributed by atoms with Crippen molar-refractivity contribution < 1.29 is 4.79 Å². The fraction of sp³-hybridized carbons (Fsp3) is 0.933. The van der Waals surface area contributed by atoms with Crippen molar-refractivity contribution in [1.82, 2.24) is 0 Å². The topological polar surface area (TPSA) is 17.1 Å². The SMILES string of the molecule is CC.CC.CC(=O)CCC1CCC(C)CC1. The zero-order valence-electron chi connectivity index (χ0n) is 12.3. The van der Waals surface area contributed by atoms with Gasteiger partial charge in [-0.05, 0) is 25.2 Å². The second kappa shape index (κ2) is 12.7. The molecule has 0 unspecified atom stereocenters. The molecule has 0 radical (unpaired) electrons. The van der Waals surface area contributed by atoms with Crippen LogP contribution < -0.4 is 0 Å². The summed E-state index contributed by atoms with van der Waals surface area (Å²) in [5.41, 5.74) is 0. The Bertz CT molecular complexity index is 144. The van der Waals surface area contributed by atoms with Gasteiger partial charge >= 0.3 is 0 Å². The largest absolute Gasteiger partial charge is 0.300 e. The molecule has 0 aliphatic heterocycles. The Morgan fingerprint density at radius 1 is 1.00 bits per heavy atom. The number of Topliss-reactive ketones (excluding diaryl/α,β-unsaturated/α-hetero) is 1. The van der Waals surface area contributed by atoms with E-state index >= 15 is 0 Å². The van der Waals surface area contributed by atoms with Crippen molar-refractivity contribution in [3.8, 4) is 0 Å². The lowest BCUT2D eigenvalue weighted by atomic mass is 9.81. The predicted octanol–water partition coefficient (Wildman–Crippen LogP) is 5.23. The normalized spacial score (nSPS) is 23.4. The van der Waals surface area contributed by atoms with Crippen molar-refractivity contribution in [2.75, 3.05) is 0 Å². The highest BCUT2D eigenvalue weighted by Gasteiger charge is 2.17. The third kappa shape index (κ3) is 10.2. The van der Waals surface area contributed by atoms with Crippen molar-refractivity contribution in [3.63, 3.8) is 0 Å². The predicted molar refractivity (Wildman–Crippen MR) is 73.7 cm³/mol. The monoisotopic (exact) mass is 228 g/mol. The van der Waals surface area contributed by atoms with Crippen LogP contribution >= 0.6 is 0 Å². The molecule has 0 spiro atoms. The summed E-state index contributed by atoms with van der Waals surface area (Å²) >= 11 is 0. The van der Waals surface area contributed by atoms with E-state index in [9.17, 15) is 4.79 Å². The molecule has 1 aliphatic carbocycles. The number of ketones is 1. The van der Waals surface area contributed by atoms with E-state index < -0.39 is 0 Å². The van der Waals surface area contributed by atoms with Crippen molar-refractivity contribution >= 4 is 5.78 Å². The smallest absolute Gasteiger partial charge is 0.129 e. The van der Waals surface area contributed by atoms with Crippen LogP contribution in [0.25, 0.3) is 0 Å². The molecule has 0 aromatic heterocycles. The standard InChI is InChI=1S/C11H20O.2C2H6/c1-9-3-6-11(7-4-9)8-5-10(2)12;2*1-2/h9,11H,3-8H2,1-2H3;2*1-2H3. The van der Waals surface area contributed by atoms with Gasteiger partial charge in [-0.1, -0.05) is 60.3 Å². The van der Waals surface area contributed by atoms with Crippen LogP contribution in [0.4, 0.5) is 0 Å². The molecular weight excluding hydrogens is 196 g/mol. The van der Waals surface area contributed by atoms with E-state index in [1.165, 1.54) is 25.7 Å². The Hall–Kier alpha value is -0.330. The molecule has 1 rings (SSSR count). The maximum absolute atomic E-state index is 10.8. The first-order valence-corrected chi connectivity index (χ1v) is 7.18. The van der Waals surface area contributed by atoms with E-state index in [-0.39, 0.29) is 0 Å². The fourth-order valence-corrected chi connectivity index (χ4v) is 2.03. The minimum absolute atomic E-state index is 0.355. The Labute approximate surface area is 103 Å². The molecule has 0 saturated heterocycles. The molecule has 0 aromatic carbocycles. The average molecular weight is 228 g/mol. The van der Waals surface area contributed by atoms with Crippen molar-refractivity contribution in [1.29, 1.82) is 0 Å². The molecule has 0 aromatic rings. The molecule has 0 N–H and O–H groups in total. The van der Waals surface area contributed by atoms with Gasteiger partial charge in [-0.2, -0.15) is 0 Å². The van der Waals surface area contributed by atoms with Crippen LogP contribution in [0.5, 0.6) is 0 Å². The highest BCUT2D eigenvalue weighted by Crippen LogP contribution is 2.30. The molecule has 1 saturated carbocycles. The Kier molecular flexibility index (Phi) is 14.4. The van der Waals surface area contributed by atoms with E-state index in [1.807, 2.05) is 27.7 Å². The highest BCUT2D eigenvalue weighted by molar-refractivity contribution is 5.75. The molecule has 1 fully saturated rings. The number of carbonyl (C=O) groups is 1. The van der Waals surface area contributed by atoms with E-state index in [0.717, 1.165) is 24.7 Å². The summed E-state index contributed by atoms with van der Waals surface area (Å²) in [6.07, 6.45) is 7.41. The van der Waals surface area contributed by atoms with E-state index in [4.69, 9.17) is 0 Å². The van der Waals surface area contributed by atoms with Gasteiger partial charge in [0.15, 0.2) is 0 Å². The molecule has 1 nitrogen and oxygen atoms in total. The summed E-state index contributed by atoms with van der Waals surface area (Å²) in [4.78, 5) is 10.8. The zero-order chi connectivity index (χ0) is 13.0. The van der Waals surface area contributed by atoms with Crippen LogP contribution in [-0.4, -0.2) is 5.78 Å². The summed E-state index contributed by atoms with van der Waals surface area (Å²) < 4.78 is 0. The van der Waals surface area contributed by atoms with Crippen LogP contribution in [0, 0.1) is 11.8 Å². The van der Waals surface area contributed by atoms with Crippen molar-refractivity contribution in [3.05, 3.63) is 0 Å². The lowest BCUT2D eigenvalue weighted by Crippen LogP contribution is -2.12. The van der Waals surface area contributed by atoms with Gasteiger partial charge in [0.25, 0.3) is 0 Å². The molecule has 98 valence electrons. The van der Waals surface area contributed by atoms with Gasteiger partial charge in [0.05, 0.1) is 0 Å². The lowest BCUT2D eigenvalue weighted by molar-refractivity contribution is -0.117. The van der Waals surface area contributed by atoms with E-state index in [0.29, 0.717) is 5.78 Å². The van der Waals surface area contributed by atoms with Gasteiger partial charge in [0.2, 0.25) is 0 Å². The summed E-state index contributed by atoms with van der Waals surface area (Å²) in [7, 11) is 0. The number of rotatable bonds is 3. The van der Waals surface area contributed by atoms with Gasteiger partial charge < -0.3 is 4.79 Å². The summed E-state index contributed by atoms with van der Waals surface area (Å²) in [6, 6.07) is 0. The summed E-state index contributed by atoms with van der Waals surface area (Å²) in [5, 5.41) is 0. The van der Waals surface area contributed by atoms with Crippen LogP contribution in [0.3, 0.4) is 0 Å². The molecule has 1 heteroatoms. The maximum Gasteiger partial charge on any atom is 0.129 e. The maximum atomic E-state index is 10.8. The quantitative estimate of drug-likeness (QED) is 0.646. The lowest BCUT2D eigenvalue weighted by Gasteiger charge is -2.25. The third-order valence-electron chi connectivity index (χ3n) is 3.04. The summed E-state index contributed by atoms with van der Waals surface area (Å²) in [6.45, 7) is 12.0. The Morgan fingerprint density at radius 2 is 1.44 bits per heavy atom. The van der Waals surface area contributed by atoms with Gasteiger partial charge in [0, 0.05) is 6.42 Å². The zero-order valence-corrected chi connectivity index (χ0v) is 12.3. The molecule has 0 bridgehead atoms. The van der Waals surface area contributed by atoms with E-state index in [1.54, 1.807) is 6.92 Å². The van der Waals surface area contributed by atoms with Gasteiger partial charge in [-0.25, -0.2) is 0 Å². The Balaban J connectivity index is 0. The first-order chi connectivity index (χ1) is 7.68. The van der Waals surface area contributed by atoms with Gasteiger partial charge in [-0.15, -0.1) is 0 Å². The molecule has 1 aliphatic rings. The van der Waals surface area contributed by atoms with E-state index in [2.05, 4.69) is 6.92 Å². The van der Waals surface area contributed by atoms with Crippen LogP contribution in [0.2, 0.25) is 0 Å². The molecular formula is C15H32O. The van der Waals surface area contributed by atoms with Crippen molar-refractivity contribution in [2.24, 2.45) is 11.8 Å². The van der Waals surface area contributed by atoms with Gasteiger partial charge in [0.1, 0.15) is 5.78 Å². The summed E-state index contributed by atoms with van der Waals surface area (Å²) in [5.74, 6) is 2.14. The fourth-order valence-electron chi connectivity index (χ4n) is 2.03. The minimum atomic E-state index is 0.355. The third-order valence-corrected chi connectivity index (χ3v) is 3.04. The number of hydrogen-bond donors (Lipinski definition) is 0. The minimum Gasteiger partial charge on any atom is -0.300 e. The second-order valence-electron chi connectivity index (χ2n) is 4.37. The van der Waals surface area contributed by atoms with Crippen molar-refractivity contribution in [2.45, 2.75) is 80.1 Å². The Morgan fingerprint density at radius 3 is 1.81 bits per heavy atom. The second-order valence-corrected chi connectivity index (χ2v) is 4.37. The highest BCUT2D eigenvalue weighted by atomic mass is 16.1. The van der Waals surface area contributed by atoms with Gasteiger partial charge in [-0.3, -0.25) is 0 Å². The molecule has 16 heavy (non-hydrogen) atoms. The average Bonchev–Trinajstić information content (AvgIpc) is 2.33. The van der Waals surface area contributed by atoms with Crippen LogP contribution in [0.1, 0.15) is 80.1 Å². The molecule has 0 atom stereocenters. The first kappa shape index (κ1) is 18.0. The van der Waals surface area contributed by atoms with Crippen LogP contribution in [0.15, 0.2) is 0 Å². The number of carbonyl (C=O) groups excluding carboxylic acids is 1.